The van der Waals surface area contributed by atoms with Gasteiger partial charge in [-0.15, -0.1) is 11.8 Å². The molecular weight excluding hydrogens is 554 g/mol. The van der Waals surface area contributed by atoms with Gasteiger partial charge < -0.3 is 16.0 Å². The number of thioether (sulfide) groups is 1. The number of benzene rings is 5. The van der Waals surface area contributed by atoms with Crippen LogP contribution in [-0.4, -0.2) is 23.5 Å². The van der Waals surface area contributed by atoms with Crippen LogP contribution < -0.4 is 16.0 Å². The molecule has 0 unspecified atom stereocenters. The van der Waals surface area contributed by atoms with Gasteiger partial charge in [-0.2, -0.15) is 0 Å². The maximum absolute atomic E-state index is 13.6. The van der Waals surface area contributed by atoms with Gasteiger partial charge in [0.15, 0.2) is 0 Å². The van der Waals surface area contributed by atoms with Gasteiger partial charge in [0.2, 0.25) is 5.91 Å². The molecule has 0 aliphatic carbocycles. The smallest absolute Gasteiger partial charge is 0.272 e. The summed E-state index contributed by atoms with van der Waals surface area (Å²) in [6, 6.07) is 35.6. The highest BCUT2D eigenvalue weighted by molar-refractivity contribution is 8.00. The number of hydrogen-bond acceptors (Lipinski definition) is 4. The molecule has 0 aromatic heterocycles. The van der Waals surface area contributed by atoms with Crippen LogP contribution in [0.1, 0.15) is 27.0 Å². The number of carbonyl (C=O) groups excluding carboxylic acids is 3. The molecule has 0 radical (unpaired) electrons. The Morgan fingerprint density at radius 3 is 2.23 bits per heavy atom. The number of anilines is 2. The molecule has 6 nitrogen and oxygen atoms in total. The van der Waals surface area contributed by atoms with E-state index < -0.39 is 5.91 Å². The van der Waals surface area contributed by atoms with Crippen LogP contribution in [0.25, 0.3) is 16.8 Å². The molecule has 0 spiro atoms. The molecule has 214 valence electrons. The predicted molar refractivity (Wildman–Crippen MR) is 176 cm³/mol. The van der Waals surface area contributed by atoms with E-state index in [-0.39, 0.29) is 23.3 Å². The Hall–Kier alpha value is -5.14. The molecule has 43 heavy (non-hydrogen) atoms. The lowest BCUT2D eigenvalue weighted by Crippen LogP contribution is -2.30. The number of hydrogen-bond donors (Lipinski definition) is 3. The molecule has 3 amide bonds. The number of fused-ring (bicyclic) bond motifs is 1. The van der Waals surface area contributed by atoms with Crippen molar-refractivity contribution in [3.63, 3.8) is 0 Å². The summed E-state index contributed by atoms with van der Waals surface area (Å²) < 4.78 is 0. The fraction of sp³-hybridized carbons (Fsp3) is 0.0833. The van der Waals surface area contributed by atoms with Gasteiger partial charge in [0.1, 0.15) is 5.70 Å². The highest BCUT2D eigenvalue weighted by Crippen LogP contribution is 2.24. The van der Waals surface area contributed by atoms with Gasteiger partial charge in [-0.05, 0) is 89.9 Å². The molecule has 0 fully saturated rings. The molecule has 0 atom stereocenters. The Bertz CT molecular complexity index is 1830. The zero-order valence-electron chi connectivity index (χ0n) is 23.9. The molecule has 5 aromatic rings. The van der Waals surface area contributed by atoms with Gasteiger partial charge in [0, 0.05) is 21.8 Å². The number of nitrogens with one attached hydrogen (secondary N) is 3. The lowest BCUT2D eigenvalue weighted by atomic mass is 10.0. The van der Waals surface area contributed by atoms with E-state index in [9.17, 15) is 14.4 Å². The maximum atomic E-state index is 13.6. The second-order valence-electron chi connectivity index (χ2n) is 10.1. The van der Waals surface area contributed by atoms with Gasteiger partial charge in [0.05, 0.1) is 5.75 Å². The average molecular weight is 586 g/mol. The molecule has 0 aliphatic heterocycles. The Labute approximate surface area is 255 Å². The summed E-state index contributed by atoms with van der Waals surface area (Å²) in [6.07, 6.45) is 1.69. The van der Waals surface area contributed by atoms with Crippen molar-refractivity contribution < 1.29 is 14.4 Å². The summed E-state index contributed by atoms with van der Waals surface area (Å²) in [6.45, 7) is 4.04. The summed E-state index contributed by atoms with van der Waals surface area (Å²) in [4.78, 5) is 40.0. The van der Waals surface area contributed by atoms with E-state index in [0.717, 1.165) is 32.5 Å². The van der Waals surface area contributed by atoms with Crippen LogP contribution in [-0.2, 0) is 9.59 Å². The number of aryl methyl sites for hydroxylation is 2. The third-order valence-electron chi connectivity index (χ3n) is 6.90. The molecular formula is C36H31N3O3S. The van der Waals surface area contributed by atoms with E-state index in [1.165, 1.54) is 17.3 Å². The summed E-state index contributed by atoms with van der Waals surface area (Å²) in [7, 11) is 0. The summed E-state index contributed by atoms with van der Waals surface area (Å²) in [5, 5.41) is 10.6. The average Bonchev–Trinajstić information content (AvgIpc) is 3.02. The minimum absolute atomic E-state index is 0.107. The van der Waals surface area contributed by atoms with Crippen molar-refractivity contribution in [1.29, 1.82) is 0 Å². The normalized spacial score (nSPS) is 11.2. The fourth-order valence-corrected chi connectivity index (χ4v) is 5.26. The summed E-state index contributed by atoms with van der Waals surface area (Å²) in [5.74, 6) is -0.760. The van der Waals surface area contributed by atoms with E-state index in [1.807, 2.05) is 92.7 Å². The largest absolute Gasteiger partial charge is 0.325 e. The second-order valence-corrected chi connectivity index (χ2v) is 11.1. The maximum Gasteiger partial charge on any atom is 0.272 e. The van der Waals surface area contributed by atoms with E-state index in [1.54, 1.807) is 42.5 Å². The predicted octanol–water partition coefficient (Wildman–Crippen LogP) is 7.60. The third-order valence-corrected chi connectivity index (χ3v) is 7.90. The zero-order valence-corrected chi connectivity index (χ0v) is 24.7. The monoisotopic (exact) mass is 585 g/mol. The highest BCUT2D eigenvalue weighted by Gasteiger charge is 2.16. The zero-order chi connectivity index (χ0) is 30.2. The standard InChI is InChI=1S/C36H31N3O3S/c1-24-18-19-30(20-25(24)2)37-34(40)23-43-31-16-9-15-29(22-31)38-36(42)33(39-35(41)27-11-4-3-5-12-27)21-28-14-8-13-26-10-6-7-17-32(26)28/h3-22H,23H2,1-2H3,(H,37,40)(H,38,42)(H,39,41)/b33-21+. The first kappa shape index (κ1) is 29.4. The molecule has 0 saturated heterocycles. The first-order chi connectivity index (χ1) is 20.9. The van der Waals surface area contributed by atoms with Crippen LogP contribution >= 0.6 is 11.8 Å². The number of rotatable bonds is 9. The molecule has 0 bridgehead atoms. The van der Waals surface area contributed by atoms with Crippen molar-refractivity contribution in [3.8, 4) is 0 Å². The SMILES string of the molecule is Cc1ccc(NC(=O)CSc2cccc(NC(=O)/C(=C\c3cccc4ccccc34)NC(=O)c3ccccc3)c2)cc1C. The van der Waals surface area contributed by atoms with E-state index >= 15 is 0 Å². The Morgan fingerprint density at radius 2 is 1.42 bits per heavy atom. The van der Waals surface area contributed by atoms with Crippen molar-refractivity contribution in [2.24, 2.45) is 0 Å². The molecule has 3 N–H and O–H groups in total. The highest BCUT2D eigenvalue weighted by atomic mass is 32.2. The first-order valence-electron chi connectivity index (χ1n) is 13.8. The molecule has 5 rings (SSSR count). The minimum Gasteiger partial charge on any atom is -0.325 e. The lowest BCUT2D eigenvalue weighted by molar-refractivity contribution is -0.114. The molecule has 5 aromatic carbocycles. The van der Waals surface area contributed by atoms with Crippen molar-refractivity contribution >= 4 is 57.7 Å². The lowest BCUT2D eigenvalue weighted by Gasteiger charge is -2.13. The van der Waals surface area contributed by atoms with Crippen molar-refractivity contribution in [2.45, 2.75) is 18.7 Å². The summed E-state index contributed by atoms with van der Waals surface area (Å²) in [5.41, 5.74) is 4.94. The fourth-order valence-electron chi connectivity index (χ4n) is 4.50. The van der Waals surface area contributed by atoms with E-state index in [4.69, 9.17) is 0 Å². The van der Waals surface area contributed by atoms with Gasteiger partial charge in [0.25, 0.3) is 11.8 Å². The second kappa shape index (κ2) is 13.7. The topological polar surface area (TPSA) is 87.3 Å². The van der Waals surface area contributed by atoms with E-state index in [0.29, 0.717) is 11.3 Å². The van der Waals surface area contributed by atoms with Gasteiger partial charge in [-0.3, -0.25) is 14.4 Å². The first-order valence-corrected chi connectivity index (χ1v) is 14.8. The van der Waals surface area contributed by atoms with Gasteiger partial charge >= 0.3 is 0 Å². The molecule has 7 heteroatoms. The summed E-state index contributed by atoms with van der Waals surface area (Å²) >= 11 is 1.37. The van der Waals surface area contributed by atoms with Crippen molar-refractivity contribution in [2.75, 3.05) is 16.4 Å². The van der Waals surface area contributed by atoms with Crippen LogP contribution in [0.5, 0.6) is 0 Å². The van der Waals surface area contributed by atoms with Crippen LogP contribution in [0.3, 0.4) is 0 Å². The molecule has 0 saturated carbocycles. The van der Waals surface area contributed by atoms with Crippen molar-refractivity contribution in [1.82, 2.24) is 5.32 Å². The number of amides is 3. The molecule has 0 heterocycles. The van der Waals surface area contributed by atoms with Gasteiger partial charge in [-0.25, -0.2) is 0 Å². The van der Waals surface area contributed by atoms with Gasteiger partial charge in [-0.1, -0.05) is 72.8 Å². The third kappa shape index (κ3) is 7.78. The van der Waals surface area contributed by atoms with Crippen molar-refractivity contribution in [3.05, 3.63) is 143 Å². The Balaban J connectivity index is 1.32. The number of carbonyl (C=O) groups is 3. The van der Waals surface area contributed by atoms with Crippen LogP contribution in [0.2, 0.25) is 0 Å². The minimum atomic E-state index is -0.466. The van der Waals surface area contributed by atoms with E-state index in [2.05, 4.69) is 16.0 Å². The Kier molecular flexibility index (Phi) is 9.34. The quantitative estimate of drug-likeness (QED) is 0.123. The van der Waals surface area contributed by atoms with Crippen LogP contribution in [0.15, 0.2) is 126 Å². The van der Waals surface area contributed by atoms with Crippen LogP contribution in [0.4, 0.5) is 11.4 Å². The van der Waals surface area contributed by atoms with Crippen LogP contribution in [0, 0.1) is 13.8 Å². The Morgan fingerprint density at radius 1 is 0.698 bits per heavy atom. The molecule has 0 aliphatic rings.